The van der Waals surface area contributed by atoms with Crippen LogP contribution in [0.4, 0.5) is 0 Å². The number of hydrogen-bond donors (Lipinski definition) is 1. The summed E-state index contributed by atoms with van der Waals surface area (Å²) in [5.74, 6) is 3.39. The lowest BCUT2D eigenvalue weighted by Crippen LogP contribution is -2.44. The fraction of sp³-hybridized carbons (Fsp3) is 0.682. The Hall–Kier alpha value is -1.31. The largest absolute Gasteiger partial charge is 0.508 e. The van der Waals surface area contributed by atoms with Crippen LogP contribution < -0.4 is 0 Å². The maximum absolute atomic E-state index is 12.8. The Morgan fingerprint density at radius 3 is 2.92 bits per heavy atom. The van der Waals surface area contributed by atoms with Gasteiger partial charge in [-0.25, -0.2) is 0 Å². The van der Waals surface area contributed by atoms with Gasteiger partial charge in [0.05, 0.1) is 0 Å². The van der Waals surface area contributed by atoms with E-state index in [-0.39, 0.29) is 5.41 Å². The highest BCUT2D eigenvalue weighted by molar-refractivity contribution is 5.87. The number of hydrogen-bond acceptors (Lipinski definition) is 2. The molecular weight excluding hydrogens is 296 g/mol. The molecule has 0 amide bonds. The minimum absolute atomic E-state index is 0.0615. The van der Waals surface area contributed by atoms with Gasteiger partial charge in [0.15, 0.2) is 0 Å². The summed E-state index contributed by atoms with van der Waals surface area (Å²) in [5, 5.41) is 9.80. The van der Waals surface area contributed by atoms with E-state index in [0.717, 1.165) is 25.7 Å². The molecule has 24 heavy (non-hydrogen) atoms. The Kier molecular flexibility index (Phi) is 3.97. The van der Waals surface area contributed by atoms with Gasteiger partial charge in [0.25, 0.3) is 0 Å². The van der Waals surface area contributed by atoms with Crippen LogP contribution in [0.1, 0.15) is 75.8 Å². The topological polar surface area (TPSA) is 37.3 Å². The fourth-order valence-electron chi connectivity index (χ4n) is 6.36. The molecule has 0 heterocycles. The van der Waals surface area contributed by atoms with E-state index in [1.54, 1.807) is 0 Å². The van der Waals surface area contributed by atoms with Crippen LogP contribution in [0.5, 0.6) is 5.75 Å². The Morgan fingerprint density at radius 1 is 1.29 bits per heavy atom. The molecule has 0 unspecified atom stereocenters. The summed E-state index contributed by atoms with van der Waals surface area (Å²) in [4.78, 5) is 12.8. The third-order valence-corrected chi connectivity index (χ3v) is 7.48. The van der Waals surface area contributed by atoms with Crippen molar-refractivity contribution in [3.63, 3.8) is 0 Å². The molecular formula is C22H30O2. The second-order valence-electron chi connectivity index (χ2n) is 8.70. The molecule has 2 fully saturated rings. The third-order valence-electron chi connectivity index (χ3n) is 7.48. The van der Waals surface area contributed by atoms with Gasteiger partial charge in [-0.3, -0.25) is 4.79 Å². The van der Waals surface area contributed by atoms with Crippen molar-refractivity contribution in [2.75, 3.05) is 0 Å². The van der Waals surface area contributed by atoms with Gasteiger partial charge in [-0.2, -0.15) is 0 Å². The van der Waals surface area contributed by atoms with Crippen LogP contribution in [0.25, 0.3) is 0 Å². The summed E-state index contributed by atoms with van der Waals surface area (Å²) in [6.45, 7) is 4.53. The zero-order valence-electron chi connectivity index (χ0n) is 15.1. The lowest BCUT2D eigenvalue weighted by molar-refractivity contribution is -0.129. The number of ketones is 1. The number of aromatic hydroxyl groups is 1. The van der Waals surface area contributed by atoms with Crippen molar-refractivity contribution in [3.05, 3.63) is 29.3 Å². The van der Waals surface area contributed by atoms with Gasteiger partial charge in [0.1, 0.15) is 11.5 Å². The highest BCUT2D eigenvalue weighted by Crippen LogP contribution is 2.62. The Morgan fingerprint density at radius 2 is 2.12 bits per heavy atom. The SMILES string of the molecule is CCCC[C@H]1CC(=O)[C@@]2(C)CC[C@@H]3c4ccc(O)cc4CC[C@H]3[C@H]12. The molecule has 0 radical (unpaired) electrons. The number of rotatable bonds is 3. The smallest absolute Gasteiger partial charge is 0.139 e. The van der Waals surface area contributed by atoms with E-state index in [2.05, 4.69) is 19.9 Å². The fourth-order valence-corrected chi connectivity index (χ4v) is 6.36. The van der Waals surface area contributed by atoms with Crippen molar-refractivity contribution < 1.29 is 9.90 Å². The molecule has 0 bridgehead atoms. The highest BCUT2D eigenvalue weighted by atomic mass is 16.3. The standard InChI is InChI=1S/C22H30O2/c1-3-4-5-15-13-20(24)22(2)11-10-18-17-9-7-16(23)12-14(17)6-8-19(18)21(15)22/h7,9,12,15,18-19,21,23H,3-6,8,10-11,13H2,1-2H3/t15-,18+,19+,21-,22+/m0/s1. The number of benzene rings is 1. The van der Waals surface area contributed by atoms with E-state index in [9.17, 15) is 9.90 Å². The number of fused-ring (bicyclic) bond motifs is 5. The Balaban J connectivity index is 1.68. The van der Waals surface area contributed by atoms with Crippen molar-refractivity contribution in [2.24, 2.45) is 23.2 Å². The molecule has 0 spiro atoms. The van der Waals surface area contributed by atoms with Gasteiger partial charge >= 0.3 is 0 Å². The van der Waals surface area contributed by atoms with Gasteiger partial charge in [-0.05, 0) is 79.0 Å². The van der Waals surface area contributed by atoms with Crippen LogP contribution in [-0.4, -0.2) is 10.9 Å². The number of carbonyl (C=O) groups is 1. The van der Waals surface area contributed by atoms with E-state index in [1.165, 1.54) is 36.8 Å². The monoisotopic (exact) mass is 326 g/mol. The highest BCUT2D eigenvalue weighted by Gasteiger charge is 2.58. The number of phenols is 1. The molecule has 2 saturated carbocycles. The second kappa shape index (κ2) is 5.89. The first kappa shape index (κ1) is 16.2. The molecule has 3 aliphatic carbocycles. The molecule has 4 rings (SSSR count). The summed E-state index contributed by atoms with van der Waals surface area (Å²) in [7, 11) is 0. The molecule has 0 aromatic heterocycles. The van der Waals surface area contributed by atoms with Crippen molar-refractivity contribution in [3.8, 4) is 5.75 Å². The van der Waals surface area contributed by atoms with Crippen LogP contribution in [-0.2, 0) is 11.2 Å². The number of phenolic OH excluding ortho intramolecular Hbond substituents is 1. The van der Waals surface area contributed by atoms with Crippen LogP contribution in [0.15, 0.2) is 18.2 Å². The Bertz CT molecular complexity index is 649. The van der Waals surface area contributed by atoms with Crippen molar-refractivity contribution >= 4 is 5.78 Å². The number of aryl methyl sites for hydroxylation is 1. The van der Waals surface area contributed by atoms with Crippen molar-refractivity contribution in [1.29, 1.82) is 0 Å². The minimum atomic E-state index is -0.0615. The summed E-state index contributed by atoms with van der Waals surface area (Å²) in [6, 6.07) is 5.97. The maximum Gasteiger partial charge on any atom is 0.139 e. The first-order valence-electron chi connectivity index (χ1n) is 9.89. The average Bonchev–Trinajstić information content (AvgIpc) is 2.83. The van der Waals surface area contributed by atoms with Crippen LogP contribution in [0.3, 0.4) is 0 Å². The van der Waals surface area contributed by atoms with E-state index >= 15 is 0 Å². The molecule has 3 aliphatic rings. The summed E-state index contributed by atoms with van der Waals surface area (Å²) >= 11 is 0. The predicted molar refractivity (Wildman–Crippen MR) is 96.1 cm³/mol. The normalized spacial score (nSPS) is 37.7. The average molecular weight is 326 g/mol. The zero-order valence-corrected chi connectivity index (χ0v) is 15.1. The third kappa shape index (κ3) is 2.33. The van der Waals surface area contributed by atoms with Gasteiger partial charge in [-0.1, -0.05) is 32.8 Å². The van der Waals surface area contributed by atoms with E-state index in [4.69, 9.17) is 0 Å². The van der Waals surface area contributed by atoms with Crippen LogP contribution >= 0.6 is 0 Å². The second-order valence-corrected chi connectivity index (χ2v) is 8.70. The zero-order chi connectivity index (χ0) is 16.9. The Labute approximate surface area is 145 Å². The summed E-state index contributed by atoms with van der Waals surface area (Å²) < 4.78 is 0. The minimum Gasteiger partial charge on any atom is -0.508 e. The maximum atomic E-state index is 12.8. The van der Waals surface area contributed by atoms with E-state index in [1.807, 2.05) is 12.1 Å². The number of carbonyl (C=O) groups excluding carboxylic acids is 1. The van der Waals surface area contributed by atoms with Crippen molar-refractivity contribution in [1.82, 2.24) is 0 Å². The first-order valence-corrected chi connectivity index (χ1v) is 9.89. The number of unbranched alkanes of at least 4 members (excludes halogenated alkanes) is 1. The number of Topliss-reactive ketones (excluding diaryl/α,β-unsaturated/α-hetero) is 1. The van der Waals surface area contributed by atoms with Gasteiger partial charge < -0.3 is 5.11 Å². The van der Waals surface area contributed by atoms with Crippen LogP contribution in [0, 0.1) is 23.2 Å². The molecule has 2 heteroatoms. The molecule has 1 aromatic carbocycles. The first-order chi connectivity index (χ1) is 11.5. The van der Waals surface area contributed by atoms with Gasteiger partial charge in [0.2, 0.25) is 0 Å². The summed E-state index contributed by atoms with van der Waals surface area (Å²) in [5.41, 5.74) is 2.74. The molecule has 0 saturated heterocycles. The van der Waals surface area contributed by atoms with Crippen molar-refractivity contribution in [2.45, 2.75) is 71.1 Å². The molecule has 5 atom stereocenters. The van der Waals surface area contributed by atoms with Gasteiger partial charge in [-0.15, -0.1) is 0 Å². The predicted octanol–water partition coefficient (Wildman–Crippen LogP) is 5.23. The summed E-state index contributed by atoms with van der Waals surface area (Å²) in [6.07, 6.45) is 8.99. The molecule has 130 valence electrons. The lowest BCUT2D eigenvalue weighted by atomic mass is 9.54. The lowest BCUT2D eigenvalue weighted by Gasteiger charge is -2.50. The molecule has 1 aromatic rings. The molecule has 0 aliphatic heterocycles. The van der Waals surface area contributed by atoms with E-state index in [0.29, 0.717) is 35.2 Å². The molecule has 1 N–H and O–H groups in total. The van der Waals surface area contributed by atoms with Gasteiger partial charge in [0, 0.05) is 11.8 Å². The molecule has 2 nitrogen and oxygen atoms in total. The van der Waals surface area contributed by atoms with Crippen LogP contribution in [0.2, 0.25) is 0 Å². The quantitative estimate of drug-likeness (QED) is 0.825. The van der Waals surface area contributed by atoms with E-state index < -0.39 is 0 Å².